The fraction of sp³-hybridized carbons (Fsp3) is 0.294. The number of fused-ring (bicyclic) bond motifs is 1. The monoisotopic (exact) mass is 348 g/mol. The summed E-state index contributed by atoms with van der Waals surface area (Å²) in [6, 6.07) is 11.3. The van der Waals surface area contributed by atoms with E-state index in [0.717, 1.165) is 23.1 Å². The van der Waals surface area contributed by atoms with Crippen LogP contribution in [0.2, 0.25) is 0 Å². The van der Waals surface area contributed by atoms with Crippen molar-refractivity contribution in [2.75, 3.05) is 23.8 Å². The summed E-state index contributed by atoms with van der Waals surface area (Å²) in [7, 11) is 2.14. The standard InChI is InChI=1S/C17H18BrFN2/c1-21-8-2-3-13-9-12(4-7-17(13)21)11-20-16-10-14(19)5-6-15(16)18/h4-7,9-10,20H,2-3,8,11H2,1H3. The van der Waals surface area contributed by atoms with E-state index in [2.05, 4.69) is 51.4 Å². The number of hydrogen-bond acceptors (Lipinski definition) is 2. The number of aryl methyl sites for hydroxylation is 1. The Morgan fingerprint density at radius 1 is 1.24 bits per heavy atom. The number of hydrogen-bond donors (Lipinski definition) is 1. The number of halogens is 2. The lowest BCUT2D eigenvalue weighted by Gasteiger charge is -2.28. The van der Waals surface area contributed by atoms with Crippen molar-refractivity contribution in [2.24, 2.45) is 0 Å². The van der Waals surface area contributed by atoms with E-state index in [4.69, 9.17) is 0 Å². The predicted molar refractivity (Wildman–Crippen MR) is 89.5 cm³/mol. The molecule has 0 saturated carbocycles. The van der Waals surface area contributed by atoms with Crippen LogP contribution >= 0.6 is 15.9 Å². The quantitative estimate of drug-likeness (QED) is 0.872. The third-order valence-electron chi connectivity index (χ3n) is 3.91. The minimum absolute atomic E-state index is 0.229. The third-order valence-corrected chi connectivity index (χ3v) is 4.60. The highest BCUT2D eigenvalue weighted by Crippen LogP contribution is 2.28. The molecule has 0 unspecified atom stereocenters. The summed E-state index contributed by atoms with van der Waals surface area (Å²) in [5, 5.41) is 3.29. The van der Waals surface area contributed by atoms with Gasteiger partial charge in [0.15, 0.2) is 0 Å². The van der Waals surface area contributed by atoms with Gasteiger partial charge in [-0.1, -0.05) is 12.1 Å². The number of rotatable bonds is 3. The van der Waals surface area contributed by atoms with Crippen molar-refractivity contribution in [3.8, 4) is 0 Å². The molecule has 3 rings (SSSR count). The van der Waals surface area contributed by atoms with E-state index >= 15 is 0 Å². The van der Waals surface area contributed by atoms with Crippen LogP contribution in [0.15, 0.2) is 40.9 Å². The number of anilines is 2. The van der Waals surface area contributed by atoms with Gasteiger partial charge in [-0.3, -0.25) is 0 Å². The smallest absolute Gasteiger partial charge is 0.125 e. The lowest BCUT2D eigenvalue weighted by molar-refractivity contribution is 0.628. The van der Waals surface area contributed by atoms with Crippen LogP contribution in [0.1, 0.15) is 17.5 Å². The van der Waals surface area contributed by atoms with Gasteiger partial charge in [-0.2, -0.15) is 0 Å². The molecule has 0 bridgehead atoms. The first kappa shape index (κ1) is 14.4. The van der Waals surface area contributed by atoms with Crippen molar-refractivity contribution in [1.82, 2.24) is 0 Å². The second-order valence-electron chi connectivity index (χ2n) is 5.47. The van der Waals surface area contributed by atoms with Crippen LogP contribution in [0.3, 0.4) is 0 Å². The molecule has 0 aliphatic carbocycles. The van der Waals surface area contributed by atoms with Crippen LogP contribution in [0.4, 0.5) is 15.8 Å². The van der Waals surface area contributed by atoms with Gasteiger partial charge in [-0.25, -0.2) is 4.39 Å². The minimum atomic E-state index is -0.229. The Bertz CT molecular complexity index is 657. The zero-order valence-electron chi connectivity index (χ0n) is 12.0. The Balaban J connectivity index is 1.75. The Labute approximate surface area is 133 Å². The van der Waals surface area contributed by atoms with Crippen molar-refractivity contribution in [1.29, 1.82) is 0 Å². The molecule has 0 amide bonds. The molecule has 0 aromatic heterocycles. The first-order valence-corrected chi connectivity index (χ1v) is 7.94. The van der Waals surface area contributed by atoms with Gasteiger partial charge >= 0.3 is 0 Å². The van der Waals surface area contributed by atoms with Crippen molar-refractivity contribution >= 4 is 27.3 Å². The van der Waals surface area contributed by atoms with E-state index in [1.807, 2.05) is 0 Å². The van der Waals surface area contributed by atoms with Crippen LogP contribution < -0.4 is 10.2 Å². The molecule has 2 aromatic carbocycles. The van der Waals surface area contributed by atoms with Gasteiger partial charge in [0.2, 0.25) is 0 Å². The van der Waals surface area contributed by atoms with Crippen molar-refractivity contribution < 1.29 is 4.39 Å². The summed E-state index contributed by atoms with van der Waals surface area (Å²) in [6.45, 7) is 1.82. The molecule has 1 aliphatic heterocycles. The Kier molecular flexibility index (Phi) is 4.15. The van der Waals surface area contributed by atoms with Crippen molar-refractivity contribution in [3.63, 3.8) is 0 Å². The lowest BCUT2D eigenvalue weighted by atomic mass is 9.99. The van der Waals surface area contributed by atoms with Gasteiger partial charge in [0.25, 0.3) is 0 Å². The molecule has 0 radical (unpaired) electrons. The molecule has 2 aromatic rings. The minimum Gasteiger partial charge on any atom is -0.380 e. The molecular formula is C17H18BrFN2. The maximum atomic E-state index is 13.3. The van der Waals surface area contributed by atoms with Gasteiger partial charge in [-0.05, 0) is 64.2 Å². The molecule has 110 valence electrons. The average Bonchev–Trinajstić information content (AvgIpc) is 2.48. The molecule has 0 spiro atoms. The first-order chi connectivity index (χ1) is 10.1. The Hall–Kier alpha value is -1.55. The molecule has 21 heavy (non-hydrogen) atoms. The van der Waals surface area contributed by atoms with E-state index in [1.165, 1.54) is 35.4 Å². The maximum Gasteiger partial charge on any atom is 0.125 e. The Morgan fingerprint density at radius 2 is 2.10 bits per heavy atom. The van der Waals surface area contributed by atoms with E-state index in [1.54, 1.807) is 6.07 Å². The summed E-state index contributed by atoms with van der Waals surface area (Å²) >= 11 is 3.44. The van der Waals surface area contributed by atoms with E-state index in [0.29, 0.717) is 6.54 Å². The SMILES string of the molecule is CN1CCCc2cc(CNc3cc(F)ccc3Br)ccc21. The molecule has 1 N–H and O–H groups in total. The second-order valence-corrected chi connectivity index (χ2v) is 6.32. The molecule has 1 aliphatic rings. The van der Waals surface area contributed by atoms with Gasteiger partial charge in [0.05, 0.1) is 5.69 Å². The molecular weight excluding hydrogens is 331 g/mol. The summed E-state index contributed by atoms with van der Waals surface area (Å²) in [4.78, 5) is 2.30. The van der Waals surface area contributed by atoms with Crippen LogP contribution in [0.5, 0.6) is 0 Å². The van der Waals surface area contributed by atoms with E-state index in [9.17, 15) is 4.39 Å². The predicted octanol–water partition coefficient (Wildman–Crippen LogP) is 4.58. The second kappa shape index (κ2) is 6.06. The van der Waals surface area contributed by atoms with E-state index in [-0.39, 0.29) is 5.82 Å². The summed E-state index contributed by atoms with van der Waals surface area (Å²) in [5.74, 6) is -0.229. The molecule has 1 heterocycles. The van der Waals surface area contributed by atoms with Crippen LogP contribution in [-0.2, 0) is 13.0 Å². The molecule has 4 heteroatoms. The van der Waals surface area contributed by atoms with Crippen LogP contribution in [0.25, 0.3) is 0 Å². The van der Waals surface area contributed by atoms with Gasteiger partial charge in [-0.15, -0.1) is 0 Å². The van der Waals surface area contributed by atoms with Crippen molar-refractivity contribution in [2.45, 2.75) is 19.4 Å². The highest BCUT2D eigenvalue weighted by Gasteiger charge is 2.13. The molecule has 0 saturated heterocycles. The third kappa shape index (κ3) is 3.21. The molecule has 0 fully saturated rings. The topological polar surface area (TPSA) is 15.3 Å². The fourth-order valence-electron chi connectivity index (χ4n) is 2.78. The van der Waals surface area contributed by atoms with E-state index < -0.39 is 0 Å². The van der Waals surface area contributed by atoms with Gasteiger partial charge in [0, 0.05) is 30.3 Å². The first-order valence-electron chi connectivity index (χ1n) is 7.15. The van der Waals surface area contributed by atoms with Gasteiger partial charge in [0.1, 0.15) is 5.82 Å². The highest BCUT2D eigenvalue weighted by atomic mass is 79.9. The number of nitrogens with zero attached hydrogens (tertiary/aromatic N) is 1. The highest BCUT2D eigenvalue weighted by molar-refractivity contribution is 9.10. The summed E-state index contributed by atoms with van der Waals surface area (Å²) in [6.07, 6.45) is 2.34. The normalized spacial score (nSPS) is 14.0. The molecule has 2 nitrogen and oxygen atoms in total. The number of nitrogens with one attached hydrogen (secondary N) is 1. The fourth-order valence-corrected chi connectivity index (χ4v) is 3.17. The Morgan fingerprint density at radius 3 is 2.95 bits per heavy atom. The van der Waals surface area contributed by atoms with Crippen molar-refractivity contribution in [3.05, 3.63) is 57.8 Å². The zero-order valence-corrected chi connectivity index (χ0v) is 13.6. The molecule has 0 atom stereocenters. The van der Waals surface area contributed by atoms with Gasteiger partial charge < -0.3 is 10.2 Å². The zero-order chi connectivity index (χ0) is 14.8. The average molecular weight is 349 g/mol. The summed E-state index contributed by atoms with van der Waals surface area (Å²) in [5.41, 5.74) is 4.74. The van der Waals surface area contributed by atoms with Crippen LogP contribution in [0, 0.1) is 5.82 Å². The number of benzene rings is 2. The maximum absolute atomic E-state index is 13.3. The summed E-state index contributed by atoms with van der Waals surface area (Å²) < 4.78 is 14.2. The largest absolute Gasteiger partial charge is 0.380 e. The lowest BCUT2D eigenvalue weighted by Crippen LogP contribution is -2.24. The van der Waals surface area contributed by atoms with Crippen LogP contribution in [-0.4, -0.2) is 13.6 Å².